The summed E-state index contributed by atoms with van der Waals surface area (Å²) in [6, 6.07) is 0.583. The van der Waals surface area contributed by atoms with E-state index in [1.165, 1.54) is 12.8 Å². The normalized spacial score (nSPS) is 25.1. The van der Waals surface area contributed by atoms with Crippen molar-refractivity contribution in [3.63, 3.8) is 0 Å². The van der Waals surface area contributed by atoms with E-state index in [1.807, 2.05) is 27.7 Å². The molecule has 1 heterocycles. The Hall–Kier alpha value is -0.570. The number of carbonyl (C=O) groups excluding carboxylic acids is 1. The van der Waals surface area contributed by atoms with Crippen molar-refractivity contribution in [1.82, 2.24) is 4.90 Å². The number of hydrogen-bond donors (Lipinski definition) is 0. The highest BCUT2D eigenvalue weighted by Crippen LogP contribution is 2.60. The molecule has 3 fully saturated rings. The van der Waals surface area contributed by atoms with Crippen LogP contribution < -0.4 is 0 Å². The van der Waals surface area contributed by atoms with E-state index in [0.717, 1.165) is 45.4 Å². The molecule has 0 bridgehead atoms. The van der Waals surface area contributed by atoms with Gasteiger partial charge < -0.3 is 9.64 Å². The van der Waals surface area contributed by atoms with Gasteiger partial charge in [-0.25, -0.2) is 0 Å². The monoisotopic (exact) mass is 297 g/mol. The molecule has 0 radical (unpaired) electrons. The quantitative estimate of drug-likeness (QED) is 0.776. The largest absolute Gasteiger partial charge is 0.381 e. The molecule has 3 nitrogen and oxygen atoms in total. The first-order valence-corrected chi connectivity index (χ1v) is 9.15. The molecule has 2 aliphatic carbocycles. The Bertz CT molecular complexity index is 306. The molecule has 1 atom stereocenters. The fraction of sp³-hybridized carbons (Fsp3) is 0.944. The van der Waals surface area contributed by atoms with Crippen molar-refractivity contribution >= 4 is 5.91 Å². The van der Waals surface area contributed by atoms with Crippen LogP contribution in [0.15, 0.2) is 0 Å². The van der Waals surface area contributed by atoms with Crippen molar-refractivity contribution in [3.05, 3.63) is 0 Å². The first-order valence-electron chi connectivity index (χ1n) is 9.15. The SMILES string of the molecule is CC.CC.CCCN(C(=O)C1CC12CCOCC2)C1CC1. The zero-order chi connectivity index (χ0) is 15.9. The minimum absolute atomic E-state index is 0.332. The first-order chi connectivity index (χ1) is 10.3. The van der Waals surface area contributed by atoms with Crippen LogP contribution in [0.2, 0.25) is 0 Å². The average Bonchev–Trinajstić information content (AvgIpc) is 3.46. The minimum Gasteiger partial charge on any atom is -0.381 e. The summed E-state index contributed by atoms with van der Waals surface area (Å²) in [6.07, 6.45) is 6.89. The van der Waals surface area contributed by atoms with Crippen LogP contribution in [0.25, 0.3) is 0 Å². The molecule has 2 saturated carbocycles. The maximum atomic E-state index is 12.5. The predicted molar refractivity (Wildman–Crippen MR) is 88.3 cm³/mol. The molecule has 1 unspecified atom stereocenters. The summed E-state index contributed by atoms with van der Waals surface area (Å²) in [6.45, 7) is 12.9. The first kappa shape index (κ1) is 18.5. The van der Waals surface area contributed by atoms with Crippen LogP contribution in [0.5, 0.6) is 0 Å². The van der Waals surface area contributed by atoms with E-state index >= 15 is 0 Å². The van der Waals surface area contributed by atoms with Crippen LogP contribution in [-0.2, 0) is 9.53 Å². The highest BCUT2D eigenvalue weighted by molar-refractivity contribution is 5.83. The van der Waals surface area contributed by atoms with Crippen molar-refractivity contribution in [2.75, 3.05) is 19.8 Å². The third kappa shape index (κ3) is 4.45. The van der Waals surface area contributed by atoms with Gasteiger partial charge in [-0.15, -0.1) is 0 Å². The number of carbonyl (C=O) groups is 1. The Balaban J connectivity index is 0.000000510. The van der Waals surface area contributed by atoms with Crippen LogP contribution in [-0.4, -0.2) is 36.6 Å². The summed E-state index contributed by atoms with van der Waals surface area (Å²) in [5.41, 5.74) is 0.343. The number of amides is 1. The van der Waals surface area contributed by atoms with E-state index in [0.29, 0.717) is 23.3 Å². The van der Waals surface area contributed by atoms with Gasteiger partial charge in [-0.1, -0.05) is 34.6 Å². The number of ether oxygens (including phenoxy) is 1. The van der Waals surface area contributed by atoms with E-state index in [2.05, 4.69) is 11.8 Å². The van der Waals surface area contributed by atoms with Crippen molar-refractivity contribution in [2.45, 2.75) is 79.2 Å². The third-order valence-corrected chi connectivity index (χ3v) is 4.71. The van der Waals surface area contributed by atoms with E-state index in [-0.39, 0.29) is 0 Å². The Morgan fingerprint density at radius 3 is 2.19 bits per heavy atom. The van der Waals surface area contributed by atoms with Gasteiger partial charge in [-0.05, 0) is 43.9 Å². The number of nitrogens with zero attached hydrogens (tertiary/aromatic N) is 1. The lowest BCUT2D eigenvalue weighted by Crippen LogP contribution is -2.37. The van der Waals surface area contributed by atoms with Crippen LogP contribution >= 0.6 is 0 Å². The number of hydrogen-bond acceptors (Lipinski definition) is 2. The lowest BCUT2D eigenvalue weighted by Gasteiger charge is -2.26. The van der Waals surface area contributed by atoms with E-state index in [4.69, 9.17) is 4.74 Å². The van der Waals surface area contributed by atoms with Gasteiger partial charge >= 0.3 is 0 Å². The molecule has 1 amide bonds. The van der Waals surface area contributed by atoms with Gasteiger partial charge in [0.05, 0.1) is 0 Å². The lowest BCUT2D eigenvalue weighted by atomic mass is 9.93. The van der Waals surface area contributed by atoms with Gasteiger partial charge in [0.25, 0.3) is 0 Å². The van der Waals surface area contributed by atoms with E-state index < -0.39 is 0 Å². The molecule has 0 aromatic heterocycles. The Morgan fingerprint density at radius 1 is 1.14 bits per heavy atom. The molecule has 124 valence electrons. The van der Waals surface area contributed by atoms with Gasteiger partial charge in [-0.2, -0.15) is 0 Å². The third-order valence-electron chi connectivity index (χ3n) is 4.71. The zero-order valence-corrected chi connectivity index (χ0v) is 14.8. The summed E-state index contributed by atoms with van der Waals surface area (Å²) in [7, 11) is 0. The summed E-state index contributed by atoms with van der Waals surface area (Å²) in [5.74, 6) is 0.787. The second-order valence-electron chi connectivity index (χ2n) is 5.99. The molecular weight excluding hydrogens is 262 g/mol. The Morgan fingerprint density at radius 2 is 1.71 bits per heavy atom. The van der Waals surface area contributed by atoms with Crippen LogP contribution in [0.3, 0.4) is 0 Å². The molecule has 1 saturated heterocycles. The fourth-order valence-corrected chi connectivity index (χ4v) is 3.33. The summed E-state index contributed by atoms with van der Waals surface area (Å²) in [5, 5.41) is 0. The molecule has 0 aromatic rings. The van der Waals surface area contributed by atoms with Gasteiger partial charge in [0.15, 0.2) is 0 Å². The molecule has 1 aliphatic heterocycles. The topological polar surface area (TPSA) is 29.5 Å². The van der Waals surface area contributed by atoms with Crippen LogP contribution in [0.1, 0.15) is 73.1 Å². The van der Waals surface area contributed by atoms with Gasteiger partial charge in [0.1, 0.15) is 0 Å². The minimum atomic E-state index is 0.332. The van der Waals surface area contributed by atoms with Crippen molar-refractivity contribution in [2.24, 2.45) is 11.3 Å². The smallest absolute Gasteiger partial charge is 0.226 e. The van der Waals surface area contributed by atoms with Gasteiger partial charge in [0, 0.05) is 31.7 Å². The fourth-order valence-electron chi connectivity index (χ4n) is 3.33. The highest BCUT2D eigenvalue weighted by atomic mass is 16.5. The predicted octanol–water partition coefficient (Wildman–Crippen LogP) is 4.26. The molecule has 3 aliphatic rings. The van der Waals surface area contributed by atoms with Crippen LogP contribution in [0, 0.1) is 11.3 Å². The molecule has 1 spiro atoms. The summed E-state index contributed by atoms with van der Waals surface area (Å²) < 4.78 is 5.42. The zero-order valence-electron chi connectivity index (χ0n) is 14.8. The molecular formula is C18H35NO2. The molecule has 0 N–H and O–H groups in total. The van der Waals surface area contributed by atoms with Crippen molar-refractivity contribution in [1.29, 1.82) is 0 Å². The van der Waals surface area contributed by atoms with Gasteiger partial charge in [0.2, 0.25) is 5.91 Å². The maximum Gasteiger partial charge on any atom is 0.226 e. The van der Waals surface area contributed by atoms with Crippen LogP contribution in [0.4, 0.5) is 0 Å². The van der Waals surface area contributed by atoms with Crippen molar-refractivity contribution < 1.29 is 9.53 Å². The second-order valence-corrected chi connectivity index (χ2v) is 5.99. The molecule has 3 heteroatoms. The van der Waals surface area contributed by atoms with Gasteiger partial charge in [-0.3, -0.25) is 4.79 Å². The summed E-state index contributed by atoms with van der Waals surface area (Å²) in [4.78, 5) is 14.7. The summed E-state index contributed by atoms with van der Waals surface area (Å²) >= 11 is 0. The Kier molecular flexibility index (Phi) is 7.72. The number of rotatable bonds is 4. The second kappa shape index (κ2) is 8.77. The molecule has 21 heavy (non-hydrogen) atoms. The van der Waals surface area contributed by atoms with E-state index in [1.54, 1.807) is 0 Å². The molecule has 0 aromatic carbocycles. The standard InChI is InChI=1S/C14H23NO2.2C2H6/c1-2-7-15(11-3-4-11)13(16)12-10-14(12)5-8-17-9-6-14;2*1-2/h11-12H,2-10H2,1H3;2*1-2H3. The highest BCUT2D eigenvalue weighted by Gasteiger charge is 2.59. The lowest BCUT2D eigenvalue weighted by molar-refractivity contribution is -0.134. The van der Waals surface area contributed by atoms with Crippen molar-refractivity contribution in [3.8, 4) is 0 Å². The Labute approximate surface area is 131 Å². The average molecular weight is 297 g/mol. The maximum absolute atomic E-state index is 12.5. The molecule has 3 rings (SSSR count). The van der Waals surface area contributed by atoms with E-state index in [9.17, 15) is 4.79 Å².